The Hall–Kier alpha value is -1.61. The standard InChI is InChI=1S/C14H18IN3O3/c1-2-11(19)6-13(20)21-8-10-4-3-9(5-12(10)15)7-18-14(16)17/h2-5,11,19H,1,6-8H2,(H4,16,17,18). The van der Waals surface area contributed by atoms with Gasteiger partial charge in [-0.3, -0.25) is 4.79 Å². The highest BCUT2D eigenvalue weighted by Gasteiger charge is 2.10. The summed E-state index contributed by atoms with van der Waals surface area (Å²) in [5, 5.41) is 9.27. The number of nitrogens with zero attached hydrogens (tertiary/aromatic N) is 1. The molecule has 0 aliphatic heterocycles. The number of guanidine groups is 1. The third kappa shape index (κ3) is 6.58. The molecular formula is C14H18IN3O3. The molecule has 1 rings (SSSR count). The summed E-state index contributed by atoms with van der Waals surface area (Å²) in [6, 6.07) is 5.65. The van der Waals surface area contributed by atoms with Crippen LogP contribution in [0.5, 0.6) is 0 Å². The van der Waals surface area contributed by atoms with Crippen LogP contribution >= 0.6 is 22.6 Å². The van der Waals surface area contributed by atoms with Crippen LogP contribution in [0.1, 0.15) is 17.5 Å². The van der Waals surface area contributed by atoms with Crippen LogP contribution in [0.4, 0.5) is 0 Å². The van der Waals surface area contributed by atoms with E-state index in [1.165, 1.54) is 6.08 Å². The van der Waals surface area contributed by atoms with Crippen molar-refractivity contribution in [2.75, 3.05) is 0 Å². The number of ether oxygens (including phenoxy) is 1. The van der Waals surface area contributed by atoms with E-state index in [1.807, 2.05) is 18.2 Å². The second-order valence-corrected chi connectivity index (χ2v) is 5.50. The van der Waals surface area contributed by atoms with Crippen LogP contribution in [-0.2, 0) is 22.7 Å². The second-order valence-electron chi connectivity index (χ2n) is 4.33. The number of carbonyl (C=O) groups excluding carboxylic acids is 1. The van der Waals surface area contributed by atoms with Gasteiger partial charge >= 0.3 is 5.97 Å². The zero-order valence-corrected chi connectivity index (χ0v) is 13.6. The smallest absolute Gasteiger partial charge is 0.309 e. The molecular weight excluding hydrogens is 385 g/mol. The minimum atomic E-state index is -0.876. The number of hydrogen-bond donors (Lipinski definition) is 3. The van der Waals surface area contributed by atoms with Crippen molar-refractivity contribution in [2.45, 2.75) is 25.7 Å². The van der Waals surface area contributed by atoms with Crippen LogP contribution in [0.15, 0.2) is 35.8 Å². The van der Waals surface area contributed by atoms with Crippen molar-refractivity contribution in [3.8, 4) is 0 Å². The van der Waals surface area contributed by atoms with E-state index in [4.69, 9.17) is 16.2 Å². The van der Waals surface area contributed by atoms with Gasteiger partial charge in [0.05, 0.1) is 19.1 Å². The number of benzene rings is 1. The SMILES string of the molecule is C=CC(O)CC(=O)OCc1ccc(CN=C(N)N)cc1I. The normalized spacial score (nSPS) is 11.5. The number of rotatable bonds is 7. The molecule has 7 heteroatoms. The van der Waals surface area contributed by atoms with Crippen molar-refractivity contribution in [3.05, 3.63) is 45.6 Å². The summed E-state index contributed by atoms with van der Waals surface area (Å²) in [6.07, 6.45) is 0.324. The third-order valence-electron chi connectivity index (χ3n) is 2.60. The van der Waals surface area contributed by atoms with Crippen molar-refractivity contribution >= 4 is 34.5 Å². The van der Waals surface area contributed by atoms with E-state index in [2.05, 4.69) is 34.2 Å². The molecule has 0 bridgehead atoms. The summed E-state index contributed by atoms with van der Waals surface area (Å²) in [7, 11) is 0. The molecule has 1 atom stereocenters. The lowest BCUT2D eigenvalue weighted by Gasteiger charge is -2.09. The Morgan fingerprint density at radius 1 is 1.52 bits per heavy atom. The number of aliphatic imine (C=N–C) groups is 1. The largest absolute Gasteiger partial charge is 0.461 e. The summed E-state index contributed by atoms with van der Waals surface area (Å²) in [4.78, 5) is 15.4. The lowest BCUT2D eigenvalue weighted by atomic mass is 10.1. The molecule has 1 aromatic rings. The predicted octanol–water partition coefficient (Wildman–Crippen LogP) is 1.04. The summed E-state index contributed by atoms with van der Waals surface area (Å²) in [6.45, 7) is 3.96. The molecule has 0 aliphatic rings. The first-order valence-electron chi connectivity index (χ1n) is 6.21. The molecule has 0 fully saturated rings. The molecule has 0 amide bonds. The van der Waals surface area contributed by atoms with Crippen LogP contribution < -0.4 is 11.5 Å². The fourth-order valence-electron chi connectivity index (χ4n) is 1.46. The highest BCUT2D eigenvalue weighted by Crippen LogP contribution is 2.16. The minimum absolute atomic E-state index is 0.0452. The number of carbonyl (C=O) groups is 1. The van der Waals surface area contributed by atoms with E-state index in [0.29, 0.717) is 6.54 Å². The maximum Gasteiger partial charge on any atom is 0.309 e. The van der Waals surface area contributed by atoms with Gasteiger partial charge in [-0.15, -0.1) is 6.58 Å². The molecule has 0 heterocycles. The van der Waals surface area contributed by atoms with Crippen LogP contribution in [0.3, 0.4) is 0 Å². The number of aliphatic hydroxyl groups excluding tert-OH is 1. The van der Waals surface area contributed by atoms with Crippen molar-refractivity contribution in [1.82, 2.24) is 0 Å². The van der Waals surface area contributed by atoms with Gasteiger partial charge < -0.3 is 21.3 Å². The number of hydrogen-bond acceptors (Lipinski definition) is 4. The average molecular weight is 403 g/mol. The Morgan fingerprint density at radius 3 is 2.81 bits per heavy atom. The Bertz CT molecular complexity index is 542. The molecule has 0 aromatic heterocycles. The van der Waals surface area contributed by atoms with Gasteiger partial charge in [0.2, 0.25) is 0 Å². The number of halogens is 1. The van der Waals surface area contributed by atoms with Crippen molar-refractivity contribution in [2.24, 2.45) is 16.5 Å². The number of esters is 1. The Labute approximate surface area is 137 Å². The predicted molar refractivity (Wildman–Crippen MR) is 89.3 cm³/mol. The Kier molecular flexibility index (Phi) is 7.17. The zero-order valence-electron chi connectivity index (χ0n) is 11.5. The topological polar surface area (TPSA) is 111 Å². The fraction of sp³-hybridized carbons (Fsp3) is 0.286. The minimum Gasteiger partial charge on any atom is -0.461 e. The van der Waals surface area contributed by atoms with Gasteiger partial charge in [0.25, 0.3) is 0 Å². The molecule has 1 aromatic carbocycles. The fourth-order valence-corrected chi connectivity index (χ4v) is 2.20. The molecule has 0 aliphatic carbocycles. The molecule has 6 nitrogen and oxygen atoms in total. The molecule has 5 N–H and O–H groups in total. The van der Waals surface area contributed by atoms with Crippen LogP contribution in [-0.4, -0.2) is 23.1 Å². The molecule has 21 heavy (non-hydrogen) atoms. The molecule has 0 saturated carbocycles. The van der Waals surface area contributed by atoms with Gasteiger partial charge in [-0.2, -0.15) is 0 Å². The summed E-state index contributed by atoms with van der Waals surface area (Å²) < 4.78 is 6.05. The van der Waals surface area contributed by atoms with Crippen molar-refractivity contribution in [3.63, 3.8) is 0 Å². The second kappa shape index (κ2) is 8.63. The van der Waals surface area contributed by atoms with Crippen LogP contribution in [0, 0.1) is 3.57 Å². The molecule has 0 radical (unpaired) electrons. The lowest BCUT2D eigenvalue weighted by molar-refractivity contribution is -0.146. The van der Waals surface area contributed by atoms with Crippen molar-refractivity contribution in [1.29, 1.82) is 0 Å². The lowest BCUT2D eigenvalue weighted by Crippen LogP contribution is -2.22. The first-order chi connectivity index (χ1) is 9.92. The average Bonchev–Trinajstić information content (AvgIpc) is 2.43. The first kappa shape index (κ1) is 17.4. The van der Waals surface area contributed by atoms with E-state index >= 15 is 0 Å². The van der Waals surface area contributed by atoms with E-state index in [9.17, 15) is 9.90 Å². The molecule has 0 saturated heterocycles. The van der Waals surface area contributed by atoms with Gasteiger partial charge in [0, 0.05) is 9.13 Å². The van der Waals surface area contributed by atoms with Crippen LogP contribution in [0.25, 0.3) is 0 Å². The summed E-state index contributed by atoms with van der Waals surface area (Å²) >= 11 is 2.15. The molecule has 114 valence electrons. The quantitative estimate of drug-likeness (QED) is 0.207. The van der Waals surface area contributed by atoms with Gasteiger partial charge in [-0.25, -0.2) is 4.99 Å². The van der Waals surface area contributed by atoms with Gasteiger partial charge in [-0.1, -0.05) is 18.2 Å². The van der Waals surface area contributed by atoms with E-state index in [1.54, 1.807) is 0 Å². The monoisotopic (exact) mass is 403 g/mol. The Morgan fingerprint density at radius 2 is 2.24 bits per heavy atom. The van der Waals surface area contributed by atoms with Gasteiger partial charge in [0.1, 0.15) is 6.61 Å². The van der Waals surface area contributed by atoms with E-state index < -0.39 is 12.1 Å². The van der Waals surface area contributed by atoms with E-state index in [-0.39, 0.29) is 19.0 Å². The highest BCUT2D eigenvalue weighted by molar-refractivity contribution is 14.1. The first-order valence-corrected chi connectivity index (χ1v) is 7.29. The maximum absolute atomic E-state index is 11.5. The molecule has 1 unspecified atom stereocenters. The molecule has 0 spiro atoms. The van der Waals surface area contributed by atoms with E-state index in [0.717, 1.165) is 14.7 Å². The van der Waals surface area contributed by atoms with Crippen LogP contribution in [0.2, 0.25) is 0 Å². The summed E-state index contributed by atoms with van der Waals surface area (Å²) in [5.74, 6) is -0.424. The zero-order chi connectivity index (χ0) is 15.8. The maximum atomic E-state index is 11.5. The number of nitrogens with two attached hydrogens (primary N) is 2. The highest BCUT2D eigenvalue weighted by atomic mass is 127. The summed E-state index contributed by atoms with van der Waals surface area (Å²) in [5.41, 5.74) is 12.4. The third-order valence-corrected chi connectivity index (χ3v) is 3.60. The van der Waals surface area contributed by atoms with Gasteiger partial charge in [0.15, 0.2) is 5.96 Å². The Balaban J connectivity index is 2.58. The van der Waals surface area contributed by atoms with Gasteiger partial charge in [-0.05, 0) is 34.2 Å². The van der Waals surface area contributed by atoms with Crippen molar-refractivity contribution < 1.29 is 14.6 Å². The number of aliphatic hydroxyl groups is 1.